The minimum absolute atomic E-state index is 0.900. The summed E-state index contributed by atoms with van der Waals surface area (Å²) in [5.74, 6) is 0. The fourth-order valence-electron chi connectivity index (χ4n) is 7.40. The molecule has 7 aromatic carbocycles. The quantitative estimate of drug-likeness (QED) is 0.189. The maximum absolute atomic E-state index is 5.25. The molecule has 0 saturated carbocycles. The lowest BCUT2D eigenvalue weighted by atomic mass is 9.91. The number of aromatic nitrogens is 4. The Morgan fingerprint density at radius 2 is 0.941 bits per heavy atom. The molecule has 0 aliphatic rings. The zero-order chi connectivity index (χ0) is 33.7. The minimum atomic E-state index is 0.900. The van der Waals surface area contributed by atoms with E-state index in [4.69, 9.17) is 15.1 Å². The molecule has 51 heavy (non-hydrogen) atoms. The molecule has 0 fully saturated rings. The number of fused-ring (bicyclic) bond motifs is 6. The van der Waals surface area contributed by atoms with Gasteiger partial charge >= 0.3 is 0 Å². The molecule has 4 nitrogen and oxygen atoms in total. The van der Waals surface area contributed by atoms with E-state index >= 15 is 0 Å². The molecular weight excluding hydrogens is 621 g/mol. The van der Waals surface area contributed by atoms with E-state index in [0.717, 1.165) is 94.1 Å². The maximum Gasteiger partial charge on any atom is 0.101 e. The van der Waals surface area contributed by atoms with E-state index < -0.39 is 0 Å². The van der Waals surface area contributed by atoms with E-state index in [1.165, 1.54) is 5.39 Å². The summed E-state index contributed by atoms with van der Waals surface area (Å²) in [6.07, 6.45) is 0. The predicted molar refractivity (Wildman–Crippen MR) is 211 cm³/mol. The van der Waals surface area contributed by atoms with Crippen LogP contribution in [0.2, 0.25) is 0 Å². The number of nitrogens with zero attached hydrogens (tertiary/aromatic N) is 3. The van der Waals surface area contributed by atoms with Gasteiger partial charge in [-0.15, -0.1) is 0 Å². The molecule has 10 aromatic rings. The second-order valence-electron chi connectivity index (χ2n) is 12.9. The molecule has 0 aliphatic heterocycles. The van der Waals surface area contributed by atoms with Crippen molar-refractivity contribution in [2.24, 2.45) is 0 Å². The highest BCUT2D eigenvalue weighted by atomic mass is 15.1. The summed E-state index contributed by atoms with van der Waals surface area (Å²) in [6.45, 7) is 0. The molecule has 3 aromatic heterocycles. The molecule has 10 rings (SSSR count). The molecule has 1 N–H and O–H groups in total. The largest absolute Gasteiger partial charge is 0.277 e. The Labute approximate surface area is 294 Å². The smallest absolute Gasteiger partial charge is 0.101 e. The van der Waals surface area contributed by atoms with Crippen molar-refractivity contribution >= 4 is 43.5 Å². The third-order valence-electron chi connectivity index (χ3n) is 9.89. The van der Waals surface area contributed by atoms with Crippen LogP contribution in [-0.4, -0.2) is 20.2 Å². The molecule has 0 aliphatic carbocycles. The first kappa shape index (κ1) is 29.0. The molecule has 0 atom stereocenters. The molecule has 0 amide bonds. The van der Waals surface area contributed by atoms with Gasteiger partial charge in [0, 0.05) is 38.2 Å². The van der Waals surface area contributed by atoms with Crippen molar-refractivity contribution in [2.75, 3.05) is 0 Å². The van der Waals surface area contributed by atoms with E-state index in [2.05, 4.69) is 163 Å². The minimum Gasteiger partial charge on any atom is -0.277 e. The zero-order valence-corrected chi connectivity index (χ0v) is 27.6. The summed E-state index contributed by atoms with van der Waals surface area (Å²) in [5, 5.41) is 14.1. The lowest BCUT2D eigenvalue weighted by Gasteiger charge is -2.13. The van der Waals surface area contributed by atoms with Crippen LogP contribution in [0.15, 0.2) is 176 Å². The number of hydrogen-bond donors (Lipinski definition) is 1. The van der Waals surface area contributed by atoms with E-state index in [1.807, 2.05) is 18.2 Å². The number of nitrogens with one attached hydrogen (secondary N) is 1. The van der Waals surface area contributed by atoms with Crippen molar-refractivity contribution in [2.45, 2.75) is 0 Å². The van der Waals surface area contributed by atoms with Crippen LogP contribution in [0.1, 0.15) is 0 Å². The van der Waals surface area contributed by atoms with Crippen LogP contribution >= 0.6 is 0 Å². The molecule has 0 radical (unpaired) electrons. The number of aromatic amines is 1. The van der Waals surface area contributed by atoms with E-state index in [1.54, 1.807) is 0 Å². The molecule has 0 spiro atoms. The first-order valence-electron chi connectivity index (χ1n) is 17.2. The van der Waals surface area contributed by atoms with Gasteiger partial charge in [0.2, 0.25) is 0 Å². The summed E-state index contributed by atoms with van der Waals surface area (Å²) < 4.78 is 0. The third-order valence-corrected chi connectivity index (χ3v) is 9.89. The highest BCUT2D eigenvalue weighted by Crippen LogP contribution is 2.42. The van der Waals surface area contributed by atoms with Crippen molar-refractivity contribution < 1.29 is 0 Å². The standard InChI is InChI=1S/C47H30N4/c1-3-12-30(13-4-1)40-29-35-16-7-8-20-38(35)46-43(40)47(51-50-46)39-21-10-9-19-37(39)34-17-11-18-36(28-34)42-27-25-33-23-22-32-24-26-41(31-14-5-2-6-15-31)48-44(32)45(33)49-42/h1-29H,(H,50,51). The second kappa shape index (κ2) is 11.9. The van der Waals surface area contributed by atoms with Crippen molar-refractivity contribution in [3.63, 3.8) is 0 Å². The van der Waals surface area contributed by atoms with Gasteiger partial charge in [-0.3, -0.25) is 5.10 Å². The second-order valence-corrected chi connectivity index (χ2v) is 12.9. The van der Waals surface area contributed by atoms with E-state index in [0.29, 0.717) is 0 Å². The van der Waals surface area contributed by atoms with Crippen molar-refractivity contribution in [3.8, 4) is 56.0 Å². The van der Waals surface area contributed by atoms with Crippen LogP contribution in [0.4, 0.5) is 0 Å². The third kappa shape index (κ3) is 4.96. The van der Waals surface area contributed by atoms with Gasteiger partial charge in [-0.05, 0) is 51.9 Å². The molecule has 238 valence electrons. The highest BCUT2D eigenvalue weighted by Gasteiger charge is 2.19. The molecule has 0 bridgehead atoms. The Morgan fingerprint density at radius 1 is 0.373 bits per heavy atom. The SMILES string of the molecule is c1ccc(-c2ccc3ccc4ccc(-c5cccc(-c6ccccc6-c6n[nH]c7c6c(-c6ccccc6)cc6ccccc67)c5)nc4c3n2)cc1. The Morgan fingerprint density at radius 3 is 1.69 bits per heavy atom. The van der Waals surface area contributed by atoms with Gasteiger partial charge in [0.15, 0.2) is 0 Å². The average molecular weight is 651 g/mol. The molecule has 4 heteroatoms. The van der Waals surface area contributed by atoms with Crippen molar-refractivity contribution in [3.05, 3.63) is 176 Å². The van der Waals surface area contributed by atoms with E-state index in [9.17, 15) is 0 Å². The lowest BCUT2D eigenvalue weighted by Crippen LogP contribution is -1.92. The number of H-pyrrole nitrogens is 1. The first-order valence-corrected chi connectivity index (χ1v) is 17.2. The molecular formula is C47H30N4. The molecule has 3 heterocycles. The van der Waals surface area contributed by atoms with Gasteiger partial charge < -0.3 is 0 Å². The van der Waals surface area contributed by atoms with Gasteiger partial charge in [-0.1, -0.05) is 152 Å². The van der Waals surface area contributed by atoms with Crippen LogP contribution in [0.25, 0.3) is 99.5 Å². The predicted octanol–water partition coefficient (Wildman–Crippen LogP) is 12.1. The summed E-state index contributed by atoms with van der Waals surface area (Å²) in [6, 6.07) is 61.7. The van der Waals surface area contributed by atoms with E-state index in [-0.39, 0.29) is 0 Å². The molecule has 0 unspecified atom stereocenters. The highest BCUT2D eigenvalue weighted by molar-refractivity contribution is 6.17. The maximum atomic E-state index is 5.25. The Bertz CT molecular complexity index is 2910. The van der Waals surface area contributed by atoms with Gasteiger partial charge in [-0.25, -0.2) is 9.97 Å². The number of rotatable bonds is 5. The average Bonchev–Trinajstić information content (AvgIpc) is 3.66. The molecule has 0 saturated heterocycles. The number of benzene rings is 7. The fraction of sp³-hybridized carbons (Fsp3) is 0. The summed E-state index contributed by atoms with van der Waals surface area (Å²) in [4.78, 5) is 10.4. The normalized spacial score (nSPS) is 11.5. The fourth-order valence-corrected chi connectivity index (χ4v) is 7.40. The van der Waals surface area contributed by atoms with Gasteiger partial charge in [0.05, 0.1) is 27.9 Å². The Balaban J connectivity index is 1.12. The summed E-state index contributed by atoms with van der Waals surface area (Å²) in [5.41, 5.74) is 13.4. The lowest BCUT2D eigenvalue weighted by molar-refractivity contribution is 1.13. The van der Waals surface area contributed by atoms with Gasteiger partial charge in [0.25, 0.3) is 0 Å². The number of hydrogen-bond acceptors (Lipinski definition) is 3. The Kier molecular flexibility index (Phi) is 6.78. The van der Waals surface area contributed by atoms with Crippen LogP contribution in [0.3, 0.4) is 0 Å². The number of pyridine rings is 2. The van der Waals surface area contributed by atoms with Crippen LogP contribution in [-0.2, 0) is 0 Å². The van der Waals surface area contributed by atoms with Crippen molar-refractivity contribution in [1.29, 1.82) is 0 Å². The zero-order valence-electron chi connectivity index (χ0n) is 27.6. The Hall–Kier alpha value is -6.91. The van der Waals surface area contributed by atoms with Crippen LogP contribution in [0.5, 0.6) is 0 Å². The topological polar surface area (TPSA) is 54.5 Å². The van der Waals surface area contributed by atoms with Crippen LogP contribution in [0, 0.1) is 0 Å². The van der Waals surface area contributed by atoms with Crippen molar-refractivity contribution in [1.82, 2.24) is 20.2 Å². The van der Waals surface area contributed by atoms with Gasteiger partial charge in [-0.2, -0.15) is 5.10 Å². The van der Waals surface area contributed by atoms with Gasteiger partial charge in [0.1, 0.15) is 5.69 Å². The van der Waals surface area contributed by atoms with Crippen LogP contribution < -0.4 is 0 Å². The monoisotopic (exact) mass is 650 g/mol. The summed E-state index contributed by atoms with van der Waals surface area (Å²) >= 11 is 0. The first-order chi connectivity index (χ1) is 25.3. The summed E-state index contributed by atoms with van der Waals surface area (Å²) in [7, 11) is 0.